The summed E-state index contributed by atoms with van der Waals surface area (Å²) in [5.41, 5.74) is 1.91. The monoisotopic (exact) mass is 192 g/mol. The zero-order valence-electron chi connectivity index (χ0n) is 8.98. The number of hydrogen-bond acceptors (Lipinski definition) is 2. The van der Waals surface area contributed by atoms with Crippen LogP contribution >= 0.6 is 0 Å². The summed E-state index contributed by atoms with van der Waals surface area (Å²) >= 11 is 0. The number of aromatic amines is 1. The summed E-state index contributed by atoms with van der Waals surface area (Å²) in [5, 5.41) is 0. The Hall–Kier alpha value is -1.12. The molecule has 0 atom stereocenters. The van der Waals surface area contributed by atoms with E-state index >= 15 is 0 Å². The van der Waals surface area contributed by atoms with Crippen LogP contribution < -0.4 is 5.56 Å². The highest BCUT2D eigenvalue weighted by atomic mass is 16.1. The van der Waals surface area contributed by atoms with Gasteiger partial charge in [0.2, 0.25) is 0 Å². The van der Waals surface area contributed by atoms with E-state index in [1.807, 2.05) is 0 Å². The number of nitrogens with one attached hydrogen (secondary N) is 1. The molecule has 1 heterocycles. The Morgan fingerprint density at radius 1 is 1.29 bits per heavy atom. The van der Waals surface area contributed by atoms with Crippen LogP contribution in [-0.2, 0) is 18.3 Å². The molecule has 0 amide bonds. The van der Waals surface area contributed by atoms with Crippen LogP contribution in [0.3, 0.4) is 0 Å². The average Bonchev–Trinajstić information content (AvgIpc) is 2.50. The predicted molar refractivity (Wildman–Crippen MR) is 55.6 cm³/mol. The predicted octanol–water partition coefficient (Wildman–Crippen LogP) is 1.56. The molecule has 3 heteroatoms. The lowest BCUT2D eigenvalue weighted by Crippen LogP contribution is -2.24. The maximum absolute atomic E-state index is 11.7. The van der Waals surface area contributed by atoms with Gasteiger partial charge in [0.1, 0.15) is 5.82 Å². The van der Waals surface area contributed by atoms with Crippen molar-refractivity contribution in [2.45, 2.75) is 45.4 Å². The molecule has 1 aromatic heterocycles. The molecular weight excluding hydrogens is 176 g/mol. The van der Waals surface area contributed by atoms with Crippen LogP contribution in [0.15, 0.2) is 4.79 Å². The quantitative estimate of drug-likeness (QED) is 0.678. The molecule has 0 saturated heterocycles. The molecule has 1 aliphatic carbocycles. The summed E-state index contributed by atoms with van der Waals surface area (Å²) in [6.07, 6.45) is 2.92. The second-order valence-corrected chi connectivity index (χ2v) is 4.94. The third-order valence-corrected chi connectivity index (χ3v) is 2.65. The van der Waals surface area contributed by atoms with Crippen molar-refractivity contribution in [1.82, 2.24) is 9.97 Å². The molecule has 14 heavy (non-hydrogen) atoms. The number of H-pyrrole nitrogens is 1. The summed E-state index contributed by atoms with van der Waals surface area (Å²) in [6.45, 7) is 6.19. The van der Waals surface area contributed by atoms with Gasteiger partial charge < -0.3 is 4.98 Å². The zero-order chi connectivity index (χ0) is 10.3. The molecule has 3 nitrogen and oxygen atoms in total. The van der Waals surface area contributed by atoms with Gasteiger partial charge in [-0.2, -0.15) is 0 Å². The van der Waals surface area contributed by atoms with Gasteiger partial charge in [-0.1, -0.05) is 20.8 Å². The van der Waals surface area contributed by atoms with Crippen LogP contribution in [0.4, 0.5) is 0 Å². The van der Waals surface area contributed by atoms with Crippen LogP contribution in [0.1, 0.15) is 44.3 Å². The van der Waals surface area contributed by atoms with E-state index in [9.17, 15) is 4.79 Å². The summed E-state index contributed by atoms with van der Waals surface area (Å²) in [7, 11) is 0. The maximum atomic E-state index is 11.7. The molecule has 0 aromatic carbocycles. The topological polar surface area (TPSA) is 45.8 Å². The highest BCUT2D eigenvalue weighted by Gasteiger charge is 2.22. The lowest BCUT2D eigenvalue weighted by Gasteiger charge is -2.17. The van der Waals surface area contributed by atoms with Crippen molar-refractivity contribution in [3.05, 3.63) is 27.4 Å². The molecule has 0 saturated carbocycles. The van der Waals surface area contributed by atoms with E-state index in [-0.39, 0.29) is 11.0 Å². The fourth-order valence-electron chi connectivity index (χ4n) is 1.80. The Morgan fingerprint density at radius 2 is 2.00 bits per heavy atom. The number of nitrogens with zero attached hydrogens (tertiary/aromatic N) is 1. The maximum Gasteiger partial charge on any atom is 0.254 e. The van der Waals surface area contributed by atoms with E-state index in [0.717, 1.165) is 36.3 Å². The van der Waals surface area contributed by atoms with Crippen LogP contribution in [0.25, 0.3) is 0 Å². The summed E-state index contributed by atoms with van der Waals surface area (Å²) in [6, 6.07) is 0. The van der Waals surface area contributed by atoms with E-state index in [4.69, 9.17) is 0 Å². The van der Waals surface area contributed by atoms with Gasteiger partial charge in [-0.05, 0) is 19.3 Å². The van der Waals surface area contributed by atoms with E-state index in [0.29, 0.717) is 0 Å². The van der Waals surface area contributed by atoms with Crippen LogP contribution in [-0.4, -0.2) is 9.97 Å². The van der Waals surface area contributed by atoms with Gasteiger partial charge in [0.05, 0.1) is 5.69 Å². The molecule has 0 spiro atoms. The second-order valence-electron chi connectivity index (χ2n) is 4.94. The lowest BCUT2D eigenvalue weighted by molar-refractivity contribution is 0.539. The molecule has 0 bridgehead atoms. The molecule has 2 rings (SSSR count). The molecule has 0 unspecified atom stereocenters. The van der Waals surface area contributed by atoms with Crippen molar-refractivity contribution >= 4 is 0 Å². The molecule has 1 aromatic rings. The van der Waals surface area contributed by atoms with Gasteiger partial charge >= 0.3 is 0 Å². The van der Waals surface area contributed by atoms with E-state index in [1.165, 1.54) is 0 Å². The highest BCUT2D eigenvalue weighted by molar-refractivity contribution is 5.24. The van der Waals surface area contributed by atoms with Crippen molar-refractivity contribution < 1.29 is 0 Å². The van der Waals surface area contributed by atoms with Gasteiger partial charge in [0.25, 0.3) is 5.56 Å². The van der Waals surface area contributed by atoms with Crippen LogP contribution in [0.2, 0.25) is 0 Å². The Bertz CT molecular complexity index is 412. The summed E-state index contributed by atoms with van der Waals surface area (Å²) in [5.74, 6) is 0.808. The van der Waals surface area contributed by atoms with Crippen molar-refractivity contribution in [2.24, 2.45) is 0 Å². The Balaban J connectivity index is 2.58. The Morgan fingerprint density at radius 3 is 2.64 bits per heavy atom. The van der Waals surface area contributed by atoms with Gasteiger partial charge in [0.15, 0.2) is 0 Å². The standard InChI is InChI=1S/C11H16N2O/c1-11(2,3)10-12-8-6-4-5-7(8)9(14)13-10/h4-6H2,1-3H3,(H,12,13,14). The third-order valence-electron chi connectivity index (χ3n) is 2.65. The first kappa shape index (κ1) is 9.44. The van der Waals surface area contributed by atoms with Crippen LogP contribution in [0, 0.1) is 0 Å². The largest absolute Gasteiger partial charge is 0.310 e. The van der Waals surface area contributed by atoms with Crippen molar-refractivity contribution in [3.8, 4) is 0 Å². The van der Waals surface area contributed by atoms with Crippen molar-refractivity contribution in [3.63, 3.8) is 0 Å². The Labute approximate surface area is 83.6 Å². The van der Waals surface area contributed by atoms with Gasteiger partial charge in [0, 0.05) is 11.0 Å². The molecule has 0 aliphatic heterocycles. The fraction of sp³-hybridized carbons (Fsp3) is 0.636. The number of aryl methyl sites for hydroxylation is 1. The molecule has 1 aliphatic rings. The van der Waals surface area contributed by atoms with Crippen LogP contribution in [0.5, 0.6) is 0 Å². The SMILES string of the molecule is CC(C)(C)c1nc2c(c(=O)[nH]1)CCC2. The fourth-order valence-corrected chi connectivity index (χ4v) is 1.80. The molecular formula is C11H16N2O. The molecule has 1 N–H and O–H groups in total. The van der Waals surface area contributed by atoms with E-state index in [2.05, 4.69) is 30.7 Å². The third kappa shape index (κ3) is 1.47. The van der Waals surface area contributed by atoms with E-state index in [1.54, 1.807) is 0 Å². The van der Waals surface area contributed by atoms with Gasteiger partial charge in [-0.25, -0.2) is 4.98 Å². The molecule has 76 valence electrons. The molecule has 0 fully saturated rings. The summed E-state index contributed by atoms with van der Waals surface area (Å²) < 4.78 is 0. The number of fused-ring (bicyclic) bond motifs is 1. The first-order valence-corrected chi connectivity index (χ1v) is 5.11. The minimum atomic E-state index is -0.0726. The normalized spacial score (nSPS) is 15.6. The minimum Gasteiger partial charge on any atom is -0.310 e. The zero-order valence-corrected chi connectivity index (χ0v) is 8.98. The average molecular weight is 192 g/mol. The Kier molecular flexibility index (Phi) is 1.98. The number of aromatic nitrogens is 2. The number of rotatable bonds is 0. The molecule has 0 radical (unpaired) electrons. The first-order valence-electron chi connectivity index (χ1n) is 5.11. The van der Waals surface area contributed by atoms with E-state index < -0.39 is 0 Å². The first-order chi connectivity index (χ1) is 6.48. The second kappa shape index (κ2) is 2.94. The van der Waals surface area contributed by atoms with Gasteiger partial charge in [-0.15, -0.1) is 0 Å². The summed E-state index contributed by atoms with van der Waals surface area (Å²) in [4.78, 5) is 19.1. The minimum absolute atomic E-state index is 0.0671. The smallest absolute Gasteiger partial charge is 0.254 e. The number of hydrogen-bond donors (Lipinski definition) is 1. The lowest BCUT2D eigenvalue weighted by atomic mass is 9.95. The van der Waals surface area contributed by atoms with Crippen molar-refractivity contribution in [2.75, 3.05) is 0 Å². The highest BCUT2D eigenvalue weighted by Crippen LogP contribution is 2.21. The van der Waals surface area contributed by atoms with Crippen molar-refractivity contribution in [1.29, 1.82) is 0 Å². The van der Waals surface area contributed by atoms with Gasteiger partial charge in [-0.3, -0.25) is 4.79 Å².